The first-order chi connectivity index (χ1) is 12.5. The lowest BCUT2D eigenvalue weighted by atomic mass is 9.98. The van der Waals surface area contributed by atoms with Gasteiger partial charge in [-0.25, -0.2) is 4.57 Å². The second-order valence-electron chi connectivity index (χ2n) is 6.97. The molecule has 4 N–H and O–H groups in total. The molecule has 0 aliphatic rings. The zero-order chi connectivity index (χ0) is 20.7. The summed E-state index contributed by atoms with van der Waals surface area (Å²) in [5.41, 5.74) is 2.16. The molecule has 0 spiro atoms. The molecule has 1 aromatic rings. The first-order valence-corrected chi connectivity index (χ1v) is 8.25. The van der Waals surface area contributed by atoms with E-state index in [1.54, 1.807) is 34.6 Å². The Labute approximate surface area is 157 Å². The van der Waals surface area contributed by atoms with Crippen molar-refractivity contribution in [2.45, 2.75) is 52.2 Å². The lowest BCUT2D eigenvalue weighted by molar-refractivity contribution is -0.396. The van der Waals surface area contributed by atoms with Crippen molar-refractivity contribution in [1.82, 2.24) is 20.3 Å². The molecule has 27 heavy (non-hydrogen) atoms. The number of hydrogen-bond donors (Lipinski definition) is 4. The highest BCUT2D eigenvalue weighted by atomic mass is 16.6. The van der Waals surface area contributed by atoms with E-state index in [2.05, 4.69) is 26.1 Å². The maximum absolute atomic E-state index is 11.0. The van der Waals surface area contributed by atoms with Gasteiger partial charge in [-0.15, -0.1) is 0 Å². The zero-order valence-corrected chi connectivity index (χ0v) is 16.1. The highest BCUT2D eigenvalue weighted by molar-refractivity contribution is 5.92. The van der Waals surface area contributed by atoms with E-state index in [9.17, 15) is 15.3 Å². The van der Waals surface area contributed by atoms with Gasteiger partial charge in [0.15, 0.2) is 0 Å². The van der Waals surface area contributed by atoms with E-state index in [1.165, 1.54) is 17.0 Å². The van der Waals surface area contributed by atoms with Crippen molar-refractivity contribution in [2.75, 3.05) is 13.2 Å². The van der Waals surface area contributed by atoms with Crippen LogP contribution in [0.3, 0.4) is 0 Å². The third-order valence-corrected chi connectivity index (χ3v) is 4.17. The number of nitro groups is 1. The molecule has 0 atom stereocenters. The average molecular weight is 385 g/mol. The fraction of sp³-hybridized carbons (Fsp3) is 0.667. The molecule has 0 bridgehead atoms. The molecule has 0 aliphatic carbocycles. The van der Waals surface area contributed by atoms with Gasteiger partial charge in [-0.05, 0) is 39.5 Å². The first kappa shape index (κ1) is 22.5. The van der Waals surface area contributed by atoms with Crippen LogP contribution in [-0.2, 0) is 11.4 Å². The summed E-state index contributed by atoms with van der Waals surface area (Å²) in [7, 11) is 0. The van der Waals surface area contributed by atoms with Crippen molar-refractivity contribution < 1.29 is 20.2 Å². The molecule has 0 amide bonds. The summed E-state index contributed by atoms with van der Waals surface area (Å²) < 4.78 is 1.29. The molecule has 0 aliphatic heterocycles. The molecule has 1 aromatic heterocycles. The van der Waals surface area contributed by atoms with Crippen LogP contribution < -0.4 is 10.8 Å². The minimum absolute atomic E-state index is 0.00507. The predicted octanol–water partition coefficient (Wildman–Crippen LogP) is 1.14. The first-order valence-electron chi connectivity index (χ1n) is 8.25. The Morgan fingerprint density at radius 2 is 2.00 bits per heavy atom. The van der Waals surface area contributed by atoms with Gasteiger partial charge in [-0.3, -0.25) is 4.84 Å². The minimum atomic E-state index is -0.756. The fourth-order valence-corrected chi connectivity index (χ4v) is 2.06. The number of imidazole rings is 1. The highest BCUT2D eigenvalue weighted by Crippen LogP contribution is 2.13. The predicted molar refractivity (Wildman–Crippen MR) is 98.2 cm³/mol. The van der Waals surface area contributed by atoms with Crippen molar-refractivity contribution in [2.24, 2.45) is 10.3 Å². The largest absolute Gasteiger partial charge is 0.434 e. The third kappa shape index (κ3) is 6.27. The van der Waals surface area contributed by atoms with Gasteiger partial charge >= 0.3 is 5.95 Å². The minimum Gasteiger partial charge on any atom is -0.411 e. The molecule has 0 saturated heterocycles. The van der Waals surface area contributed by atoms with Gasteiger partial charge in [-0.1, -0.05) is 15.3 Å². The van der Waals surface area contributed by atoms with Crippen LogP contribution in [-0.4, -0.2) is 60.5 Å². The van der Waals surface area contributed by atoms with Crippen LogP contribution in [0.1, 0.15) is 34.6 Å². The number of rotatable bonds is 11. The molecule has 12 nitrogen and oxygen atoms in total. The smallest absolute Gasteiger partial charge is 0.411 e. The molecule has 1 rings (SSSR count). The molecule has 0 aromatic carbocycles. The summed E-state index contributed by atoms with van der Waals surface area (Å²) in [5, 5.41) is 38.7. The van der Waals surface area contributed by atoms with E-state index < -0.39 is 16.0 Å². The molecule has 12 heteroatoms. The topological polar surface area (TPSA) is 159 Å². The van der Waals surface area contributed by atoms with Crippen molar-refractivity contribution in [1.29, 1.82) is 0 Å². The fourth-order valence-electron chi connectivity index (χ4n) is 2.06. The molecule has 0 saturated carbocycles. The van der Waals surface area contributed by atoms with Crippen LogP contribution in [0, 0.1) is 10.1 Å². The SMILES string of the molecule is CC(=NO)C(C)(C)NOCCNC(C)(C)C(Cn1ccnc1[N+](=O)[O-])=NO. The quantitative estimate of drug-likeness (QED) is 0.145. The third-order valence-electron chi connectivity index (χ3n) is 4.17. The maximum Gasteiger partial charge on any atom is 0.434 e. The van der Waals surface area contributed by atoms with Gasteiger partial charge in [-0.2, -0.15) is 5.48 Å². The Balaban J connectivity index is 2.58. The summed E-state index contributed by atoms with van der Waals surface area (Å²) in [6.45, 7) is 9.51. The molecule has 152 valence electrons. The van der Waals surface area contributed by atoms with E-state index in [0.717, 1.165) is 0 Å². The summed E-state index contributed by atoms with van der Waals surface area (Å²) in [4.78, 5) is 19.4. The van der Waals surface area contributed by atoms with Gasteiger partial charge in [0.25, 0.3) is 0 Å². The van der Waals surface area contributed by atoms with Crippen molar-refractivity contribution >= 4 is 17.4 Å². The summed E-state index contributed by atoms with van der Waals surface area (Å²) in [6.07, 6.45) is 2.76. The summed E-state index contributed by atoms with van der Waals surface area (Å²) in [6, 6.07) is 0. The highest BCUT2D eigenvalue weighted by Gasteiger charge is 2.29. The van der Waals surface area contributed by atoms with Crippen LogP contribution in [0.15, 0.2) is 22.7 Å². The lowest BCUT2D eigenvalue weighted by Crippen LogP contribution is -2.51. The van der Waals surface area contributed by atoms with Crippen molar-refractivity contribution in [3.8, 4) is 0 Å². The van der Waals surface area contributed by atoms with E-state index in [1.807, 2.05) is 0 Å². The van der Waals surface area contributed by atoms with Gasteiger partial charge < -0.3 is 25.8 Å². The van der Waals surface area contributed by atoms with Gasteiger partial charge in [0.05, 0.1) is 23.4 Å². The number of nitrogens with zero attached hydrogens (tertiary/aromatic N) is 5. The molecule has 1 heterocycles. The summed E-state index contributed by atoms with van der Waals surface area (Å²) in [5.74, 6) is -0.331. The van der Waals surface area contributed by atoms with Crippen molar-refractivity contribution in [3.63, 3.8) is 0 Å². The standard InChI is InChI=1S/C15H27N7O5/c1-11(18-23)14(2,3)20-27-9-7-17-15(4,5)12(19-24)10-21-8-6-16-13(21)22(25)26/h6,8,17,20,23-24H,7,9-10H2,1-5H3. The van der Waals surface area contributed by atoms with E-state index in [4.69, 9.17) is 10.0 Å². The van der Waals surface area contributed by atoms with Crippen LogP contribution in [0.2, 0.25) is 0 Å². The lowest BCUT2D eigenvalue weighted by Gasteiger charge is -2.28. The Hall–Kier alpha value is -2.57. The molecule has 0 fully saturated rings. The maximum atomic E-state index is 11.0. The summed E-state index contributed by atoms with van der Waals surface area (Å²) >= 11 is 0. The monoisotopic (exact) mass is 385 g/mol. The van der Waals surface area contributed by atoms with E-state index in [0.29, 0.717) is 18.0 Å². The van der Waals surface area contributed by atoms with Crippen LogP contribution in [0.5, 0.6) is 0 Å². The number of hydroxylamine groups is 1. The van der Waals surface area contributed by atoms with Gasteiger partial charge in [0.1, 0.15) is 24.7 Å². The van der Waals surface area contributed by atoms with Crippen molar-refractivity contribution in [3.05, 3.63) is 22.5 Å². The Bertz CT molecular complexity index is 696. The van der Waals surface area contributed by atoms with Gasteiger partial charge in [0.2, 0.25) is 0 Å². The molecule has 0 radical (unpaired) electrons. The van der Waals surface area contributed by atoms with E-state index in [-0.39, 0.29) is 19.1 Å². The number of nitrogens with one attached hydrogen (secondary N) is 2. The van der Waals surface area contributed by atoms with Crippen LogP contribution in [0.4, 0.5) is 5.95 Å². The Morgan fingerprint density at radius 1 is 1.33 bits per heavy atom. The molecular weight excluding hydrogens is 358 g/mol. The molecular formula is C15H27N7O5. The van der Waals surface area contributed by atoms with E-state index >= 15 is 0 Å². The van der Waals surface area contributed by atoms with Crippen LogP contribution >= 0.6 is 0 Å². The Morgan fingerprint density at radius 3 is 2.56 bits per heavy atom. The van der Waals surface area contributed by atoms with Crippen LogP contribution in [0.25, 0.3) is 0 Å². The number of hydrogen-bond acceptors (Lipinski definition) is 10. The van der Waals surface area contributed by atoms with Gasteiger partial charge in [0, 0.05) is 6.54 Å². The average Bonchev–Trinajstić information content (AvgIpc) is 3.06. The normalized spacial score (nSPS) is 13.8. The number of aromatic nitrogens is 2. The molecule has 0 unspecified atom stereocenters. The number of oxime groups is 2. The second kappa shape index (κ2) is 9.39. The second-order valence-corrected chi connectivity index (χ2v) is 6.97. The zero-order valence-electron chi connectivity index (χ0n) is 16.1. The Kier molecular flexibility index (Phi) is 7.82.